The van der Waals surface area contributed by atoms with Crippen LogP contribution in [0.5, 0.6) is 0 Å². The van der Waals surface area contributed by atoms with Gasteiger partial charge in [-0.1, -0.05) is 12.1 Å². The Bertz CT molecular complexity index is 665. The number of carbonyl (C=O) groups excluding carboxylic acids is 2. The van der Waals surface area contributed by atoms with Crippen LogP contribution in [0.2, 0.25) is 0 Å². The Morgan fingerprint density at radius 2 is 2.00 bits per heavy atom. The molecule has 7 heteroatoms. The molecule has 0 unspecified atom stereocenters. The lowest BCUT2D eigenvalue weighted by atomic mass is 10.1. The van der Waals surface area contributed by atoms with E-state index < -0.39 is 17.6 Å². The quantitative estimate of drug-likeness (QED) is 0.830. The molecule has 0 aliphatic carbocycles. The lowest BCUT2D eigenvalue weighted by Crippen LogP contribution is -2.42. The molecule has 0 atom stereocenters. The number of benzene rings is 1. The maximum absolute atomic E-state index is 13.1. The highest BCUT2D eigenvalue weighted by atomic mass is 79.9. The van der Waals surface area contributed by atoms with Crippen molar-refractivity contribution < 1.29 is 14.0 Å². The average Bonchev–Trinajstić information content (AvgIpc) is 2.49. The number of nitrogens with zero attached hydrogens (tertiary/aromatic N) is 1. The topological polar surface area (TPSA) is 71.1 Å². The highest BCUT2D eigenvalue weighted by Crippen LogP contribution is 2.16. The second kappa shape index (κ2) is 6.94. The van der Waals surface area contributed by atoms with E-state index in [1.807, 2.05) is 0 Å². The summed E-state index contributed by atoms with van der Waals surface area (Å²) in [7, 11) is 0. The average molecular weight is 352 g/mol. The van der Waals surface area contributed by atoms with Gasteiger partial charge in [-0.3, -0.25) is 25.4 Å². The zero-order chi connectivity index (χ0) is 15.2. The molecule has 2 rings (SSSR count). The summed E-state index contributed by atoms with van der Waals surface area (Å²) in [5.74, 6) is -1.33. The summed E-state index contributed by atoms with van der Waals surface area (Å²) in [6.45, 7) is 0. The fourth-order valence-corrected chi connectivity index (χ4v) is 1.99. The van der Waals surface area contributed by atoms with Crippen LogP contribution in [0.4, 0.5) is 4.39 Å². The molecule has 108 valence electrons. The van der Waals surface area contributed by atoms with Gasteiger partial charge in [-0.25, -0.2) is 4.39 Å². The molecule has 1 aromatic heterocycles. The third-order valence-corrected chi connectivity index (χ3v) is 3.17. The van der Waals surface area contributed by atoms with Crippen molar-refractivity contribution in [1.29, 1.82) is 0 Å². The first-order valence-corrected chi connectivity index (χ1v) is 6.79. The second-order valence-corrected chi connectivity index (χ2v) is 5.00. The fraction of sp³-hybridized carbons (Fsp3) is 0.0714. The lowest BCUT2D eigenvalue weighted by Gasteiger charge is -2.07. The van der Waals surface area contributed by atoms with Crippen LogP contribution in [0.3, 0.4) is 0 Å². The van der Waals surface area contributed by atoms with Crippen molar-refractivity contribution in [2.75, 3.05) is 0 Å². The molecule has 2 amide bonds. The van der Waals surface area contributed by atoms with E-state index in [0.29, 0.717) is 5.56 Å². The Labute approximate surface area is 128 Å². The molecule has 0 saturated carbocycles. The number of aromatic nitrogens is 1. The van der Waals surface area contributed by atoms with E-state index in [2.05, 4.69) is 31.8 Å². The molecule has 2 N–H and O–H groups in total. The Kier molecular flexibility index (Phi) is 4.99. The number of nitrogens with one attached hydrogen (secondary N) is 2. The van der Waals surface area contributed by atoms with E-state index in [1.54, 1.807) is 12.1 Å². The molecule has 0 radical (unpaired) electrons. The number of hydrogen-bond donors (Lipinski definition) is 2. The Balaban J connectivity index is 1.87. The van der Waals surface area contributed by atoms with Crippen molar-refractivity contribution in [1.82, 2.24) is 15.8 Å². The van der Waals surface area contributed by atoms with Crippen molar-refractivity contribution in [3.05, 3.63) is 64.1 Å². The van der Waals surface area contributed by atoms with Crippen LogP contribution in [0, 0.1) is 5.82 Å². The normalized spacial score (nSPS) is 10.0. The molecule has 21 heavy (non-hydrogen) atoms. The van der Waals surface area contributed by atoms with E-state index >= 15 is 0 Å². The maximum atomic E-state index is 13.1. The molecular formula is C14H11BrFN3O2. The van der Waals surface area contributed by atoms with Crippen molar-refractivity contribution >= 4 is 27.7 Å². The summed E-state index contributed by atoms with van der Waals surface area (Å²) in [6, 6.07) is 9.15. The van der Waals surface area contributed by atoms with Gasteiger partial charge in [0.25, 0.3) is 5.91 Å². The largest absolute Gasteiger partial charge is 0.288 e. The minimum atomic E-state index is -0.510. The first kappa shape index (κ1) is 15.1. The number of hydrogen-bond acceptors (Lipinski definition) is 3. The summed E-state index contributed by atoms with van der Waals surface area (Å²) in [4.78, 5) is 27.2. The molecule has 0 spiro atoms. The van der Waals surface area contributed by atoms with E-state index in [-0.39, 0.29) is 16.6 Å². The number of pyridine rings is 1. The summed E-state index contributed by atoms with van der Waals surface area (Å²) >= 11 is 3.04. The van der Waals surface area contributed by atoms with Gasteiger partial charge >= 0.3 is 0 Å². The summed E-state index contributed by atoms with van der Waals surface area (Å²) in [5.41, 5.74) is 5.35. The molecule has 0 saturated heterocycles. The van der Waals surface area contributed by atoms with Crippen LogP contribution in [0.1, 0.15) is 16.1 Å². The highest BCUT2D eigenvalue weighted by molar-refractivity contribution is 9.10. The van der Waals surface area contributed by atoms with Gasteiger partial charge < -0.3 is 0 Å². The lowest BCUT2D eigenvalue weighted by molar-refractivity contribution is -0.121. The standard InChI is InChI=1S/C14H11BrFN3O2/c15-10-7-9(4-5-11(10)16)8-13(20)18-19-14(21)12-3-1-2-6-17-12/h1-7H,8H2,(H,18,20)(H,19,21). The molecule has 0 bridgehead atoms. The number of halogens is 2. The molecule has 1 heterocycles. The summed E-state index contributed by atoms with van der Waals surface area (Å²) < 4.78 is 13.3. The van der Waals surface area contributed by atoms with Crippen molar-refractivity contribution in [2.24, 2.45) is 0 Å². The molecular weight excluding hydrogens is 341 g/mol. The second-order valence-electron chi connectivity index (χ2n) is 4.14. The van der Waals surface area contributed by atoms with Crippen LogP contribution in [-0.4, -0.2) is 16.8 Å². The van der Waals surface area contributed by atoms with Crippen molar-refractivity contribution in [3.63, 3.8) is 0 Å². The number of rotatable bonds is 3. The monoisotopic (exact) mass is 351 g/mol. The number of amides is 2. The van der Waals surface area contributed by atoms with Crippen LogP contribution < -0.4 is 10.9 Å². The highest BCUT2D eigenvalue weighted by Gasteiger charge is 2.09. The third-order valence-electron chi connectivity index (χ3n) is 2.56. The molecule has 0 aliphatic rings. The Morgan fingerprint density at radius 3 is 2.67 bits per heavy atom. The van der Waals surface area contributed by atoms with Crippen LogP contribution in [0.15, 0.2) is 47.1 Å². The van der Waals surface area contributed by atoms with Gasteiger partial charge in [0.2, 0.25) is 5.91 Å². The van der Waals surface area contributed by atoms with E-state index in [9.17, 15) is 14.0 Å². The summed E-state index contributed by atoms with van der Waals surface area (Å²) in [6.07, 6.45) is 1.49. The predicted molar refractivity (Wildman–Crippen MR) is 77.6 cm³/mol. The molecule has 0 aliphatic heterocycles. The van der Waals surface area contributed by atoms with Gasteiger partial charge in [0.1, 0.15) is 11.5 Å². The first-order chi connectivity index (χ1) is 10.1. The van der Waals surface area contributed by atoms with Gasteiger partial charge in [-0.05, 0) is 45.8 Å². The van der Waals surface area contributed by atoms with E-state index in [4.69, 9.17) is 0 Å². The maximum Gasteiger partial charge on any atom is 0.288 e. The van der Waals surface area contributed by atoms with Gasteiger partial charge in [0.05, 0.1) is 10.9 Å². The smallest absolute Gasteiger partial charge is 0.273 e. The first-order valence-electron chi connectivity index (χ1n) is 6.00. The zero-order valence-electron chi connectivity index (χ0n) is 10.8. The van der Waals surface area contributed by atoms with Gasteiger partial charge in [0, 0.05) is 6.20 Å². The van der Waals surface area contributed by atoms with Crippen molar-refractivity contribution in [2.45, 2.75) is 6.42 Å². The van der Waals surface area contributed by atoms with Crippen LogP contribution in [0.25, 0.3) is 0 Å². The van der Waals surface area contributed by atoms with Crippen LogP contribution >= 0.6 is 15.9 Å². The molecule has 2 aromatic rings. The fourth-order valence-electron chi connectivity index (χ4n) is 1.57. The third kappa shape index (κ3) is 4.35. The number of hydrazine groups is 1. The summed E-state index contributed by atoms with van der Waals surface area (Å²) in [5, 5.41) is 0. The molecule has 0 fully saturated rings. The Hall–Kier alpha value is -2.28. The molecule has 1 aromatic carbocycles. The van der Waals surface area contributed by atoms with Gasteiger partial charge in [-0.15, -0.1) is 0 Å². The zero-order valence-corrected chi connectivity index (χ0v) is 12.4. The van der Waals surface area contributed by atoms with Crippen LogP contribution in [-0.2, 0) is 11.2 Å². The van der Waals surface area contributed by atoms with E-state index in [1.165, 1.54) is 30.5 Å². The molecule has 5 nitrogen and oxygen atoms in total. The van der Waals surface area contributed by atoms with E-state index in [0.717, 1.165) is 0 Å². The predicted octanol–water partition coefficient (Wildman–Crippen LogP) is 1.99. The minimum absolute atomic E-state index is 0.0153. The van der Waals surface area contributed by atoms with Crippen molar-refractivity contribution in [3.8, 4) is 0 Å². The Morgan fingerprint density at radius 1 is 1.19 bits per heavy atom. The SMILES string of the molecule is O=C(Cc1ccc(F)c(Br)c1)NNC(=O)c1ccccn1. The minimum Gasteiger partial charge on any atom is -0.273 e. The van der Waals surface area contributed by atoms with Gasteiger partial charge in [0.15, 0.2) is 0 Å². The van der Waals surface area contributed by atoms with Gasteiger partial charge in [-0.2, -0.15) is 0 Å². The number of carbonyl (C=O) groups is 2.